The number of hydrogen-bond donors (Lipinski definition) is 1. The number of carbonyl (C=O) groups is 2. The van der Waals surface area contributed by atoms with Gasteiger partial charge in [0.1, 0.15) is 0 Å². The van der Waals surface area contributed by atoms with Crippen LogP contribution in [0.1, 0.15) is 38.1 Å². The van der Waals surface area contributed by atoms with Gasteiger partial charge < -0.3 is 10.0 Å². The zero-order valence-corrected chi connectivity index (χ0v) is 16.2. The molecule has 1 aliphatic heterocycles. The first-order valence-corrected chi connectivity index (χ1v) is 9.02. The molecule has 27 heavy (non-hydrogen) atoms. The summed E-state index contributed by atoms with van der Waals surface area (Å²) in [6.07, 6.45) is 1.64. The largest absolute Gasteiger partial charge is 0.503 e. The molecular formula is C21H21ClN2O3. The maximum absolute atomic E-state index is 13.0. The van der Waals surface area contributed by atoms with E-state index in [1.54, 1.807) is 63.4 Å². The van der Waals surface area contributed by atoms with Crippen LogP contribution in [0.3, 0.4) is 0 Å². The number of benzene rings is 1. The maximum Gasteiger partial charge on any atom is 0.290 e. The monoisotopic (exact) mass is 384 g/mol. The van der Waals surface area contributed by atoms with Gasteiger partial charge in [0.15, 0.2) is 11.5 Å². The molecule has 1 aliphatic rings. The molecule has 0 saturated heterocycles. The number of nitrogens with zero attached hydrogens (tertiary/aromatic N) is 2. The molecule has 0 spiro atoms. The van der Waals surface area contributed by atoms with Crippen LogP contribution in [-0.4, -0.2) is 26.7 Å². The Kier molecular flexibility index (Phi) is 5.07. The molecule has 0 aliphatic carbocycles. The van der Waals surface area contributed by atoms with Crippen molar-refractivity contribution >= 4 is 23.3 Å². The van der Waals surface area contributed by atoms with E-state index >= 15 is 0 Å². The lowest BCUT2D eigenvalue weighted by atomic mass is 9.82. The van der Waals surface area contributed by atoms with E-state index in [1.165, 1.54) is 4.90 Å². The summed E-state index contributed by atoms with van der Waals surface area (Å²) >= 11 is 5.99. The highest BCUT2D eigenvalue weighted by Gasteiger charge is 2.45. The summed E-state index contributed by atoms with van der Waals surface area (Å²) in [4.78, 5) is 31.6. The third-order valence-corrected chi connectivity index (χ3v) is 4.73. The minimum atomic E-state index is -0.741. The van der Waals surface area contributed by atoms with Crippen molar-refractivity contribution in [3.63, 3.8) is 0 Å². The van der Waals surface area contributed by atoms with Crippen LogP contribution < -0.4 is 0 Å². The van der Waals surface area contributed by atoms with Crippen LogP contribution in [0.25, 0.3) is 0 Å². The number of halogens is 1. The molecular weight excluding hydrogens is 364 g/mol. The van der Waals surface area contributed by atoms with Crippen molar-refractivity contribution in [2.24, 2.45) is 5.41 Å². The Balaban J connectivity index is 2.09. The molecule has 1 aromatic carbocycles. The Labute approximate surface area is 163 Å². The number of Topliss-reactive ketones (excluding diaryl/α,β-unsaturated/α-hetero) is 1. The third-order valence-electron chi connectivity index (χ3n) is 4.47. The van der Waals surface area contributed by atoms with E-state index in [-0.39, 0.29) is 17.9 Å². The number of aromatic nitrogens is 1. The lowest BCUT2D eigenvalue weighted by molar-refractivity contribution is -0.130. The average Bonchev–Trinajstić information content (AvgIpc) is 2.87. The minimum absolute atomic E-state index is 0.116. The number of carbonyl (C=O) groups excluding carboxylic acids is 2. The fourth-order valence-electron chi connectivity index (χ4n) is 3.11. The normalized spacial score (nSPS) is 17.6. The second-order valence-electron chi connectivity index (χ2n) is 7.55. The van der Waals surface area contributed by atoms with Crippen LogP contribution in [0.4, 0.5) is 0 Å². The van der Waals surface area contributed by atoms with Crippen LogP contribution in [-0.2, 0) is 16.1 Å². The van der Waals surface area contributed by atoms with E-state index in [4.69, 9.17) is 11.6 Å². The number of rotatable bonds is 4. The maximum atomic E-state index is 13.0. The van der Waals surface area contributed by atoms with Crippen LogP contribution >= 0.6 is 11.6 Å². The topological polar surface area (TPSA) is 70.5 Å². The zero-order valence-electron chi connectivity index (χ0n) is 15.4. The summed E-state index contributed by atoms with van der Waals surface area (Å²) in [5.74, 6) is -1.34. The molecule has 6 heteroatoms. The number of aliphatic hydroxyl groups excluding tert-OH is 1. The van der Waals surface area contributed by atoms with Crippen LogP contribution in [0.5, 0.6) is 0 Å². The molecule has 1 N–H and O–H groups in total. The Bertz CT molecular complexity index is 899. The van der Waals surface area contributed by atoms with Crippen molar-refractivity contribution in [2.45, 2.75) is 33.4 Å². The van der Waals surface area contributed by atoms with E-state index < -0.39 is 23.1 Å². The van der Waals surface area contributed by atoms with Gasteiger partial charge in [-0.15, -0.1) is 0 Å². The van der Waals surface area contributed by atoms with Gasteiger partial charge >= 0.3 is 0 Å². The van der Waals surface area contributed by atoms with E-state index in [0.717, 1.165) is 0 Å². The van der Waals surface area contributed by atoms with Crippen molar-refractivity contribution in [1.82, 2.24) is 9.88 Å². The van der Waals surface area contributed by atoms with Gasteiger partial charge in [0.05, 0.1) is 23.9 Å². The molecule has 1 aromatic heterocycles. The van der Waals surface area contributed by atoms with Crippen molar-refractivity contribution in [3.05, 3.63) is 76.3 Å². The molecule has 0 radical (unpaired) electrons. The molecule has 1 atom stereocenters. The Morgan fingerprint density at radius 3 is 2.41 bits per heavy atom. The fraction of sp³-hybridized carbons (Fsp3) is 0.286. The number of pyridine rings is 1. The van der Waals surface area contributed by atoms with Crippen LogP contribution in [0.15, 0.2) is 60.0 Å². The number of aliphatic hydroxyl groups is 1. The summed E-state index contributed by atoms with van der Waals surface area (Å²) in [6, 6.07) is 11.7. The predicted octanol–water partition coefficient (Wildman–Crippen LogP) is 4.25. The molecule has 1 unspecified atom stereocenters. The lowest BCUT2D eigenvalue weighted by Crippen LogP contribution is -2.32. The van der Waals surface area contributed by atoms with Crippen LogP contribution in [0.2, 0.25) is 5.02 Å². The predicted molar refractivity (Wildman–Crippen MR) is 103 cm³/mol. The molecule has 0 bridgehead atoms. The summed E-state index contributed by atoms with van der Waals surface area (Å²) in [6.45, 7) is 5.47. The fourth-order valence-corrected chi connectivity index (χ4v) is 3.24. The first-order valence-electron chi connectivity index (χ1n) is 8.64. The zero-order chi connectivity index (χ0) is 19.8. The highest BCUT2D eigenvalue weighted by atomic mass is 35.5. The second kappa shape index (κ2) is 7.16. The molecule has 0 saturated carbocycles. The molecule has 3 rings (SSSR count). The van der Waals surface area contributed by atoms with E-state index in [0.29, 0.717) is 16.3 Å². The van der Waals surface area contributed by atoms with Crippen molar-refractivity contribution < 1.29 is 14.7 Å². The van der Waals surface area contributed by atoms with Gasteiger partial charge in [0.2, 0.25) is 0 Å². The highest BCUT2D eigenvalue weighted by Crippen LogP contribution is 2.41. The minimum Gasteiger partial charge on any atom is -0.503 e. The van der Waals surface area contributed by atoms with Crippen molar-refractivity contribution in [2.75, 3.05) is 0 Å². The number of amides is 1. The number of ketones is 1. The van der Waals surface area contributed by atoms with Gasteiger partial charge in [-0.25, -0.2) is 0 Å². The van der Waals surface area contributed by atoms with Crippen LogP contribution in [0, 0.1) is 5.41 Å². The molecule has 2 heterocycles. The first-order chi connectivity index (χ1) is 12.7. The van der Waals surface area contributed by atoms with Gasteiger partial charge in [-0.05, 0) is 29.8 Å². The van der Waals surface area contributed by atoms with Gasteiger partial charge in [-0.3, -0.25) is 14.6 Å². The third kappa shape index (κ3) is 3.74. The summed E-state index contributed by atoms with van der Waals surface area (Å²) in [5, 5.41) is 11.1. The lowest BCUT2D eigenvalue weighted by Gasteiger charge is -2.28. The van der Waals surface area contributed by atoms with Gasteiger partial charge in [0, 0.05) is 16.6 Å². The molecule has 1 amide bonds. The summed E-state index contributed by atoms with van der Waals surface area (Å²) < 4.78 is 0. The molecule has 2 aromatic rings. The SMILES string of the molecule is CC(C)(C)C(=O)C1=C(O)C(=O)N(Cc2ccccn2)C1c1ccc(Cl)cc1. The first kappa shape index (κ1) is 19.1. The smallest absolute Gasteiger partial charge is 0.290 e. The molecule has 5 nitrogen and oxygen atoms in total. The average molecular weight is 385 g/mol. The van der Waals surface area contributed by atoms with Gasteiger partial charge in [-0.1, -0.05) is 50.6 Å². The van der Waals surface area contributed by atoms with Gasteiger partial charge in [-0.2, -0.15) is 0 Å². The highest BCUT2D eigenvalue weighted by molar-refractivity contribution is 6.30. The molecule has 0 fully saturated rings. The van der Waals surface area contributed by atoms with Crippen molar-refractivity contribution in [3.8, 4) is 0 Å². The Morgan fingerprint density at radius 2 is 1.85 bits per heavy atom. The van der Waals surface area contributed by atoms with E-state index in [1.807, 2.05) is 6.07 Å². The Hall–Kier alpha value is -2.66. The van der Waals surface area contributed by atoms with E-state index in [9.17, 15) is 14.7 Å². The quantitative estimate of drug-likeness (QED) is 0.855. The van der Waals surface area contributed by atoms with E-state index in [2.05, 4.69) is 4.98 Å². The summed E-state index contributed by atoms with van der Waals surface area (Å²) in [7, 11) is 0. The van der Waals surface area contributed by atoms with Gasteiger partial charge in [0.25, 0.3) is 5.91 Å². The standard InChI is InChI=1S/C21H21ClN2O3/c1-21(2,3)19(26)16-17(13-7-9-14(22)10-8-13)24(20(27)18(16)25)12-15-6-4-5-11-23-15/h4-11,17,25H,12H2,1-3H3. The molecule has 140 valence electrons. The summed E-state index contributed by atoms with van der Waals surface area (Å²) in [5.41, 5.74) is 0.753. The van der Waals surface area contributed by atoms with Crippen molar-refractivity contribution in [1.29, 1.82) is 0 Å². The second-order valence-corrected chi connectivity index (χ2v) is 7.99. The Morgan fingerprint density at radius 1 is 1.19 bits per heavy atom. The number of hydrogen-bond acceptors (Lipinski definition) is 4.